The summed E-state index contributed by atoms with van der Waals surface area (Å²) in [7, 11) is 0. The van der Waals surface area contributed by atoms with Crippen LogP contribution in [0.3, 0.4) is 0 Å². The van der Waals surface area contributed by atoms with Gasteiger partial charge in [0.1, 0.15) is 0 Å². The monoisotopic (exact) mass is 863 g/mol. The molecule has 5 heteroatoms. The van der Waals surface area contributed by atoms with E-state index in [1.54, 1.807) is 0 Å². The topological polar surface area (TPSA) is 62.4 Å². The van der Waals surface area contributed by atoms with Crippen LogP contribution in [0.2, 0.25) is 0 Å². The fourth-order valence-corrected chi connectivity index (χ4v) is 11.4. The maximum atomic E-state index is 10.8. The van der Waals surface area contributed by atoms with E-state index in [0.29, 0.717) is 11.1 Å². The summed E-state index contributed by atoms with van der Waals surface area (Å²) < 4.78 is 7.25. The smallest absolute Gasteiger partial charge is 0.0998 e. The summed E-state index contributed by atoms with van der Waals surface area (Å²) in [5.74, 6) is 0. The molecule has 314 valence electrons. The van der Waals surface area contributed by atoms with Crippen molar-refractivity contribution in [3.63, 3.8) is 0 Å². The van der Waals surface area contributed by atoms with Crippen LogP contribution in [-0.2, 0) is 6.42 Å². The first-order chi connectivity index (χ1) is 33.6. The second-order valence-electron chi connectivity index (χ2n) is 17.9. The zero-order chi connectivity index (χ0) is 45.0. The molecule has 0 saturated heterocycles. The van der Waals surface area contributed by atoms with Crippen molar-refractivity contribution in [1.29, 1.82) is 10.5 Å². The molecular weight excluding hydrogens is 827 g/mol. The lowest BCUT2D eigenvalue weighted by molar-refractivity contribution is 1.13. The SMILES string of the molecule is N#Cc1ccccc1-c1ccc(C#N)c(-c2cc(-n3c4ccccc4c4cc5c(cc43)Cc3ccccc3-5)cc(-n3c4ccccc4c4c3ccc3c5ccccc5n(-c5ccccc5)c34)c2)c1. The molecule has 0 saturated carbocycles. The Kier molecular flexibility index (Phi) is 8.11. The van der Waals surface area contributed by atoms with Crippen LogP contribution in [0.25, 0.3) is 116 Å². The lowest BCUT2D eigenvalue weighted by Gasteiger charge is -2.17. The number of nitrogens with zero attached hydrogens (tertiary/aromatic N) is 5. The van der Waals surface area contributed by atoms with Gasteiger partial charge in [0.15, 0.2) is 0 Å². The summed E-state index contributed by atoms with van der Waals surface area (Å²) in [6, 6.07) is 80.3. The van der Waals surface area contributed by atoms with Crippen LogP contribution in [0.1, 0.15) is 22.3 Å². The van der Waals surface area contributed by atoms with Crippen LogP contribution in [0.15, 0.2) is 212 Å². The number of aromatic nitrogens is 3. The molecule has 0 radical (unpaired) electrons. The summed E-state index contributed by atoms with van der Waals surface area (Å²) in [5, 5.41) is 28.1. The van der Waals surface area contributed by atoms with Gasteiger partial charge in [0.25, 0.3) is 0 Å². The van der Waals surface area contributed by atoms with E-state index in [9.17, 15) is 10.5 Å². The molecule has 0 N–H and O–H groups in total. The van der Waals surface area contributed by atoms with Crippen molar-refractivity contribution in [1.82, 2.24) is 13.7 Å². The number of hydrogen-bond donors (Lipinski definition) is 0. The van der Waals surface area contributed by atoms with Crippen molar-refractivity contribution >= 4 is 65.4 Å². The van der Waals surface area contributed by atoms with Crippen LogP contribution in [-0.4, -0.2) is 13.7 Å². The number of nitriles is 2. The molecular formula is C63H37N5. The van der Waals surface area contributed by atoms with Crippen molar-refractivity contribution in [2.45, 2.75) is 6.42 Å². The van der Waals surface area contributed by atoms with Gasteiger partial charge < -0.3 is 13.7 Å². The van der Waals surface area contributed by atoms with Gasteiger partial charge in [-0.15, -0.1) is 0 Å². The Morgan fingerprint density at radius 3 is 1.69 bits per heavy atom. The zero-order valence-electron chi connectivity index (χ0n) is 36.7. The Morgan fingerprint density at radius 2 is 0.926 bits per heavy atom. The Bertz CT molecular complexity index is 4370. The highest BCUT2D eigenvalue weighted by Crippen LogP contribution is 2.46. The highest BCUT2D eigenvalue weighted by Gasteiger charge is 2.25. The summed E-state index contributed by atoms with van der Waals surface area (Å²) in [5.41, 5.74) is 19.6. The normalized spacial score (nSPS) is 12.0. The van der Waals surface area contributed by atoms with Crippen LogP contribution in [0, 0.1) is 22.7 Å². The van der Waals surface area contributed by atoms with E-state index < -0.39 is 0 Å². The summed E-state index contributed by atoms with van der Waals surface area (Å²) in [6.45, 7) is 0. The van der Waals surface area contributed by atoms with E-state index in [4.69, 9.17) is 0 Å². The van der Waals surface area contributed by atoms with Crippen LogP contribution in [0.5, 0.6) is 0 Å². The van der Waals surface area contributed by atoms with Crippen LogP contribution in [0.4, 0.5) is 0 Å². The van der Waals surface area contributed by atoms with Gasteiger partial charge in [-0.25, -0.2) is 0 Å². The van der Waals surface area contributed by atoms with Crippen molar-refractivity contribution in [3.05, 3.63) is 235 Å². The third kappa shape index (κ3) is 5.42. The molecule has 0 fully saturated rings. The van der Waals surface area contributed by atoms with Crippen molar-refractivity contribution in [2.24, 2.45) is 0 Å². The molecule has 13 aromatic rings. The van der Waals surface area contributed by atoms with E-state index in [2.05, 4.69) is 202 Å². The van der Waals surface area contributed by atoms with E-state index in [-0.39, 0.29) is 0 Å². The molecule has 0 amide bonds. The van der Waals surface area contributed by atoms with Gasteiger partial charge in [-0.2, -0.15) is 10.5 Å². The molecule has 0 unspecified atom stereocenters. The minimum atomic E-state index is 0.556. The molecule has 14 rings (SSSR count). The first kappa shape index (κ1) is 37.9. The molecule has 0 spiro atoms. The molecule has 0 aliphatic heterocycles. The van der Waals surface area contributed by atoms with Gasteiger partial charge in [0.05, 0.1) is 56.4 Å². The number of rotatable bonds is 5. The maximum absolute atomic E-state index is 10.8. The van der Waals surface area contributed by atoms with Crippen molar-refractivity contribution in [3.8, 4) is 62.6 Å². The predicted molar refractivity (Wildman–Crippen MR) is 278 cm³/mol. The van der Waals surface area contributed by atoms with Crippen molar-refractivity contribution in [2.75, 3.05) is 0 Å². The fourth-order valence-electron chi connectivity index (χ4n) is 11.4. The minimum absolute atomic E-state index is 0.556. The third-order valence-electron chi connectivity index (χ3n) is 14.3. The number of fused-ring (bicyclic) bond motifs is 13. The van der Waals surface area contributed by atoms with Gasteiger partial charge in [-0.05, 0) is 130 Å². The second kappa shape index (κ2) is 14.5. The highest BCUT2D eigenvalue weighted by molar-refractivity contribution is 6.26. The fraction of sp³-hybridized carbons (Fsp3) is 0.0159. The van der Waals surface area contributed by atoms with E-state index in [1.165, 1.54) is 49.2 Å². The second-order valence-corrected chi connectivity index (χ2v) is 17.9. The van der Waals surface area contributed by atoms with Crippen LogP contribution >= 0.6 is 0 Å². The minimum Gasteiger partial charge on any atom is -0.309 e. The molecule has 1 aliphatic carbocycles. The predicted octanol–water partition coefficient (Wildman–Crippen LogP) is 15.6. The van der Waals surface area contributed by atoms with Crippen LogP contribution < -0.4 is 0 Å². The number of para-hydroxylation sites is 4. The molecule has 68 heavy (non-hydrogen) atoms. The summed E-state index contributed by atoms with van der Waals surface area (Å²) in [4.78, 5) is 0. The Labute approximate surface area is 391 Å². The first-order valence-corrected chi connectivity index (χ1v) is 23.0. The third-order valence-corrected chi connectivity index (χ3v) is 14.3. The molecule has 10 aromatic carbocycles. The molecule has 0 atom stereocenters. The maximum Gasteiger partial charge on any atom is 0.0998 e. The highest BCUT2D eigenvalue weighted by atomic mass is 15.0. The lowest BCUT2D eigenvalue weighted by atomic mass is 9.92. The van der Waals surface area contributed by atoms with Gasteiger partial charge >= 0.3 is 0 Å². The molecule has 3 heterocycles. The lowest BCUT2D eigenvalue weighted by Crippen LogP contribution is -2.01. The largest absolute Gasteiger partial charge is 0.309 e. The average molecular weight is 864 g/mol. The summed E-state index contributed by atoms with van der Waals surface area (Å²) >= 11 is 0. The van der Waals surface area contributed by atoms with E-state index in [0.717, 1.165) is 84.2 Å². The quantitative estimate of drug-likeness (QED) is 0.173. The van der Waals surface area contributed by atoms with Gasteiger partial charge in [0, 0.05) is 54.9 Å². The molecule has 3 aromatic heterocycles. The van der Waals surface area contributed by atoms with E-state index in [1.807, 2.05) is 36.4 Å². The van der Waals surface area contributed by atoms with Gasteiger partial charge in [0.2, 0.25) is 0 Å². The average Bonchev–Trinajstić information content (AvgIpc) is 4.14. The number of benzene rings is 10. The standard InChI is InChI=1S/C63H37N5/c64-37-41-15-5-6-18-48(41)40-26-27-42(38-65)54(33-40)44-31-46(35-47(32-44)67-57-23-11-9-21-51(57)56-36-55-43(34-61(56)67)30-39-14-4-7-19-49(39)55)66-59-25-13-10-22-53(59)62-60(66)29-28-52-50-20-8-12-24-58(50)68(63(52)62)45-16-2-1-3-17-45/h1-29,31-36H,30H2. The van der Waals surface area contributed by atoms with Gasteiger partial charge in [-0.1, -0.05) is 127 Å². The van der Waals surface area contributed by atoms with E-state index >= 15 is 0 Å². The molecule has 1 aliphatic rings. The molecule has 0 bridgehead atoms. The Balaban J connectivity index is 1.11. The Hall–Kier alpha value is -9.42. The van der Waals surface area contributed by atoms with Gasteiger partial charge in [-0.3, -0.25) is 0 Å². The summed E-state index contributed by atoms with van der Waals surface area (Å²) in [6.07, 6.45) is 0.881. The van der Waals surface area contributed by atoms with Crippen molar-refractivity contribution < 1.29 is 0 Å². The Morgan fingerprint density at radius 1 is 0.324 bits per heavy atom. The first-order valence-electron chi connectivity index (χ1n) is 23.0. The molecule has 5 nitrogen and oxygen atoms in total. The number of hydrogen-bond acceptors (Lipinski definition) is 2. The zero-order valence-corrected chi connectivity index (χ0v) is 36.7.